The third kappa shape index (κ3) is 2.00. The molecule has 0 saturated carbocycles. The zero-order valence-corrected chi connectivity index (χ0v) is 9.23. The highest BCUT2D eigenvalue weighted by atomic mass is 16.5. The summed E-state index contributed by atoms with van der Waals surface area (Å²) in [5.41, 5.74) is 2.01. The number of pyridine rings is 2. The van der Waals surface area contributed by atoms with Crippen molar-refractivity contribution in [3.63, 3.8) is 0 Å². The van der Waals surface area contributed by atoms with Gasteiger partial charge in [-0.1, -0.05) is 0 Å². The number of aryl methyl sites for hydroxylation is 1. The lowest BCUT2D eigenvalue weighted by Crippen LogP contribution is -2.05. The Morgan fingerprint density at radius 1 is 1.44 bits per heavy atom. The highest BCUT2D eigenvalue weighted by Gasteiger charge is 2.08. The lowest BCUT2D eigenvalue weighted by molar-refractivity contribution is 0.0526. The molecule has 0 aliphatic carbocycles. The van der Waals surface area contributed by atoms with Gasteiger partial charge >= 0.3 is 5.97 Å². The van der Waals surface area contributed by atoms with Crippen LogP contribution in [0.5, 0.6) is 0 Å². The number of fused-ring (bicyclic) bond motifs is 1. The Balaban J connectivity index is 2.44. The van der Waals surface area contributed by atoms with Gasteiger partial charge < -0.3 is 4.74 Å². The first kappa shape index (κ1) is 10.5. The minimum absolute atomic E-state index is 0.350. The van der Waals surface area contributed by atoms with E-state index in [-0.39, 0.29) is 5.97 Å². The number of ether oxygens (including phenoxy) is 1. The molecule has 4 heteroatoms. The van der Waals surface area contributed by atoms with Crippen molar-refractivity contribution in [1.82, 2.24) is 9.97 Å². The van der Waals surface area contributed by atoms with Crippen LogP contribution in [0.2, 0.25) is 0 Å². The van der Waals surface area contributed by atoms with Gasteiger partial charge in [-0.05, 0) is 32.0 Å². The monoisotopic (exact) mass is 216 g/mol. The molecule has 16 heavy (non-hydrogen) atoms. The highest BCUT2D eigenvalue weighted by Crippen LogP contribution is 2.12. The van der Waals surface area contributed by atoms with Gasteiger partial charge in [-0.2, -0.15) is 0 Å². The van der Waals surface area contributed by atoms with Crippen molar-refractivity contribution in [2.75, 3.05) is 6.61 Å². The van der Waals surface area contributed by atoms with Crippen LogP contribution < -0.4 is 0 Å². The minimum atomic E-state index is -0.350. The van der Waals surface area contributed by atoms with E-state index in [1.807, 2.05) is 19.1 Å². The third-order valence-electron chi connectivity index (χ3n) is 2.19. The summed E-state index contributed by atoms with van der Waals surface area (Å²) in [4.78, 5) is 19.9. The minimum Gasteiger partial charge on any atom is -0.462 e. The quantitative estimate of drug-likeness (QED) is 0.721. The molecule has 0 N–H and O–H groups in total. The second-order valence-electron chi connectivity index (χ2n) is 3.44. The van der Waals surface area contributed by atoms with E-state index in [0.29, 0.717) is 17.8 Å². The van der Waals surface area contributed by atoms with Crippen LogP contribution in [-0.4, -0.2) is 22.5 Å². The van der Waals surface area contributed by atoms with Crippen LogP contribution in [0, 0.1) is 6.92 Å². The molecular weight excluding hydrogens is 204 g/mol. The molecule has 0 aromatic carbocycles. The fraction of sp³-hybridized carbons (Fsp3) is 0.250. The maximum Gasteiger partial charge on any atom is 0.339 e. The molecule has 0 spiro atoms. The molecule has 0 aliphatic heterocycles. The van der Waals surface area contributed by atoms with Gasteiger partial charge in [-0.25, -0.2) is 14.8 Å². The first-order valence-electron chi connectivity index (χ1n) is 5.11. The summed E-state index contributed by atoms with van der Waals surface area (Å²) in [6, 6.07) is 5.53. The van der Waals surface area contributed by atoms with Crippen molar-refractivity contribution >= 4 is 17.0 Å². The number of nitrogens with zero attached hydrogens (tertiary/aromatic N) is 2. The highest BCUT2D eigenvalue weighted by molar-refractivity contribution is 5.92. The molecule has 0 atom stereocenters. The van der Waals surface area contributed by atoms with Crippen molar-refractivity contribution in [2.45, 2.75) is 13.8 Å². The Kier molecular flexibility index (Phi) is 2.81. The zero-order valence-electron chi connectivity index (χ0n) is 9.23. The molecule has 0 aliphatic rings. The summed E-state index contributed by atoms with van der Waals surface area (Å²) in [6.07, 6.45) is 1.49. The van der Waals surface area contributed by atoms with Crippen molar-refractivity contribution in [3.05, 3.63) is 35.7 Å². The van der Waals surface area contributed by atoms with E-state index in [2.05, 4.69) is 9.97 Å². The zero-order chi connectivity index (χ0) is 11.5. The summed E-state index contributed by atoms with van der Waals surface area (Å²) >= 11 is 0. The number of hydrogen-bond donors (Lipinski definition) is 0. The number of aromatic nitrogens is 2. The molecule has 0 radical (unpaired) electrons. The molecule has 4 nitrogen and oxygen atoms in total. The molecule has 0 fully saturated rings. The summed E-state index contributed by atoms with van der Waals surface area (Å²) < 4.78 is 4.90. The molecule has 0 bridgehead atoms. The number of esters is 1. The van der Waals surface area contributed by atoms with Crippen molar-refractivity contribution in [3.8, 4) is 0 Å². The molecule has 0 unspecified atom stereocenters. The number of carbonyl (C=O) groups is 1. The predicted octanol–water partition coefficient (Wildman–Crippen LogP) is 2.11. The van der Waals surface area contributed by atoms with Crippen LogP contribution in [0.1, 0.15) is 23.0 Å². The summed E-state index contributed by atoms with van der Waals surface area (Å²) in [5, 5.41) is 0.844. The van der Waals surface area contributed by atoms with E-state index in [9.17, 15) is 4.79 Å². The van der Waals surface area contributed by atoms with Gasteiger partial charge in [-0.15, -0.1) is 0 Å². The lowest BCUT2D eigenvalue weighted by atomic mass is 10.2. The molecule has 2 aromatic heterocycles. The molecule has 2 rings (SSSR count). The lowest BCUT2D eigenvalue weighted by Gasteiger charge is -2.02. The van der Waals surface area contributed by atoms with Gasteiger partial charge in [0.2, 0.25) is 0 Å². The van der Waals surface area contributed by atoms with E-state index >= 15 is 0 Å². The van der Waals surface area contributed by atoms with E-state index in [4.69, 9.17) is 4.74 Å². The summed E-state index contributed by atoms with van der Waals surface area (Å²) in [7, 11) is 0. The Labute approximate surface area is 93.3 Å². The van der Waals surface area contributed by atoms with Crippen molar-refractivity contribution in [2.24, 2.45) is 0 Å². The SMILES string of the molecule is CCOC(=O)c1cnc2nc(C)ccc2c1. The Bertz CT molecular complexity index is 538. The second kappa shape index (κ2) is 4.26. The molecule has 2 aromatic rings. The molecular formula is C12H12N2O2. The van der Waals surface area contributed by atoms with Crippen LogP contribution in [0.25, 0.3) is 11.0 Å². The maximum atomic E-state index is 11.5. The third-order valence-corrected chi connectivity index (χ3v) is 2.19. The van der Waals surface area contributed by atoms with Gasteiger partial charge in [0.15, 0.2) is 5.65 Å². The van der Waals surface area contributed by atoms with E-state index in [1.54, 1.807) is 13.0 Å². The van der Waals surface area contributed by atoms with Gasteiger partial charge in [0, 0.05) is 17.3 Å². The summed E-state index contributed by atoms with van der Waals surface area (Å²) in [6.45, 7) is 4.04. The average molecular weight is 216 g/mol. The second-order valence-corrected chi connectivity index (χ2v) is 3.44. The van der Waals surface area contributed by atoms with Crippen LogP contribution >= 0.6 is 0 Å². The van der Waals surface area contributed by atoms with Crippen molar-refractivity contribution in [1.29, 1.82) is 0 Å². The predicted molar refractivity (Wildman–Crippen MR) is 60.2 cm³/mol. The Hall–Kier alpha value is -1.97. The van der Waals surface area contributed by atoms with E-state index < -0.39 is 0 Å². The van der Waals surface area contributed by atoms with Gasteiger partial charge in [0.1, 0.15) is 0 Å². The van der Waals surface area contributed by atoms with Gasteiger partial charge in [-0.3, -0.25) is 0 Å². The molecule has 2 heterocycles. The molecule has 0 saturated heterocycles. The van der Waals surface area contributed by atoms with Crippen LogP contribution in [0.4, 0.5) is 0 Å². The standard InChI is InChI=1S/C12H12N2O2/c1-3-16-12(15)10-6-9-5-4-8(2)14-11(9)13-7-10/h4-7H,3H2,1-2H3. The number of hydrogen-bond acceptors (Lipinski definition) is 4. The largest absolute Gasteiger partial charge is 0.462 e. The van der Waals surface area contributed by atoms with Gasteiger partial charge in [0.05, 0.1) is 12.2 Å². The fourth-order valence-electron chi connectivity index (χ4n) is 1.43. The summed E-state index contributed by atoms with van der Waals surface area (Å²) in [5.74, 6) is -0.350. The number of rotatable bonds is 2. The normalized spacial score (nSPS) is 10.4. The smallest absolute Gasteiger partial charge is 0.339 e. The van der Waals surface area contributed by atoms with E-state index in [0.717, 1.165) is 11.1 Å². The first-order valence-corrected chi connectivity index (χ1v) is 5.11. The van der Waals surface area contributed by atoms with Crippen LogP contribution in [0.3, 0.4) is 0 Å². The Morgan fingerprint density at radius 3 is 3.00 bits per heavy atom. The van der Waals surface area contributed by atoms with Crippen LogP contribution in [0.15, 0.2) is 24.4 Å². The van der Waals surface area contributed by atoms with Crippen LogP contribution in [-0.2, 0) is 4.74 Å². The average Bonchev–Trinajstić information content (AvgIpc) is 2.28. The molecule has 0 amide bonds. The molecule has 82 valence electrons. The topological polar surface area (TPSA) is 52.1 Å². The maximum absolute atomic E-state index is 11.5. The number of carbonyl (C=O) groups excluding carboxylic acids is 1. The van der Waals surface area contributed by atoms with Crippen molar-refractivity contribution < 1.29 is 9.53 Å². The Morgan fingerprint density at radius 2 is 2.25 bits per heavy atom. The fourth-order valence-corrected chi connectivity index (χ4v) is 1.43. The van der Waals surface area contributed by atoms with Gasteiger partial charge in [0.25, 0.3) is 0 Å². The first-order chi connectivity index (χ1) is 7.70. The van der Waals surface area contributed by atoms with E-state index in [1.165, 1.54) is 6.20 Å².